The molecule has 1 aromatic rings. The first-order chi connectivity index (χ1) is 6.83. The Hall–Kier alpha value is -1.77. The smallest absolute Gasteiger partial charge is 0.273 e. The van der Waals surface area contributed by atoms with Gasteiger partial charge in [0, 0.05) is 5.69 Å². The number of nitrogen functional groups attached to an aromatic ring is 1. The van der Waals surface area contributed by atoms with Crippen molar-refractivity contribution in [2.45, 2.75) is 0 Å². The number of nitrogens with two attached hydrogens (primary N) is 1. The molecule has 73 valence electrons. The second kappa shape index (κ2) is 5.80. The maximum atomic E-state index is 5.45. The summed E-state index contributed by atoms with van der Waals surface area (Å²) in [7, 11) is 0. The van der Waals surface area contributed by atoms with Crippen LogP contribution < -0.4 is 5.73 Å². The number of benzene rings is 1. The number of rotatable bonds is 1. The lowest BCUT2D eigenvalue weighted by Crippen LogP contribution is -1.81. The Morgan fingerprint density at radius 2 is 2.14 bits per heavy atom. The van der Waals surface area contributed by atoms with Crippen molar-refractivity contribution in [2.24, 2.45) is 4.99 Å². The van der Waals surface area contributed by atoms with E-state index in [0.717, 1.165) is 24.4 Å². The number of nitrogens with zero attached hydrogens (tertiary/aromatic N) is 1. The molecule has 1 heterocycles. The third-order valence-corrected chi connectivity index (χ3v) is 1.61. The molecule has 1 aliphatic rings. The predicted molar refractivity (Wildman–Crippen MR) is 59.2 cm³/mol. The minimum absolute atomic E-state index is 0.722. The molecule has 1 aromatic carbocycles. The zero-order valence-electron chi connectivity index (χ0n) is 7.94. The van der Waals surface area contributed by atoms with E-state index in [-0.39, 0.29) is 0 Å². The Kier molecular flexibility index (Phi) is 4.27. The van der Waals surface area contributed by atoms with E-state index in [9.17, 15) is 0 Å². The fraction of sp³-hybridized carbons (Fsp3) is 0.182. The van der Waals surface area contributed by atoms with Crippen LogP contribution in [0.2, 0.25) is 0 Å². The molecule has 1 aliphatic heterocycles. The first-order valence-corrected chi connectivity index (χ1v) is 4.34. The van der Waals surface area contributed by atoms with Gasteiger partial charge in [-0.25, -0.2) is 4.99 Å². The molecule has 1 radical (unpaired) electrons. The van der Waals surface area contributed by atoms with Gasteiger partial charge in [-0.05, 0) is 17.7 Å². The molecule has 2 N–H and O–H groups in total. The van der Waals surface area contributed by atoms with Crippen molar-refractivity contribution in [1.29, 1.82) is 0 Å². The van der Waals surface area contributed by atoms with Gasteiger partial charge in [-0.2, -0.15) is 0 Å². The van der Waals surface area contributed by atoms with E-state index in [1.807, 2.05) is 24.3 Å². The normalized spacial score (nSPS) is 12.6. The first kappa shape index (κ1) is 10.3. The number of ether oxygens (including phenoxy) is 1. The van der Waals surface area contributed by atoms with Gasteiger partial charge in [0.25, 0.3) is 6.40 Å². The average Bonchev–Trinajstić information content (AvgIpc) is 2.77. The van der Waals surface area contributed by atoms with Gasteiger partial charge in [0.2, 0.25) is 0 Å². The molecule has 0 saturated carbocycles. The van der Waals surface area contributed by atoms with Crippen LogP contribution in [-0.2, 0) is 4.74 Å². The van der Waals surface area contributed by atoms with E-state index in [1.54, 1.807) is 6.08 Å². The third-order valence-electron chi connectivity index (χ3n) is 1.61. The Bertz CT molecular complexity index is 298. The Labute approximate surface area is 83.9 Å². The lowest BCUT2D eigenvalue weighted by Gasteiger charge is -1.91. The highest BCUT2D eigenvalue weighted by atomic mass is 16.5. The maximum Gasteiger partial charge on any atom is 0.273 e. The van der Waals surface area contributed by atoms with Crippen LogP contribution in [0.25, 0.3) is 6.08 Å². The molecule has 0 spiro atoms. The van der Waals surface area contributed by atoms with Gasteiger partial charge in [-0.3, -0.25) is 0 Å². The van der Waals surface area contributed by atoms with E-state index in [4.69, 9.17) is 5.73 Å². The standard InChI is InChI=1S/C8H9N.C3H4NO/c1-2-7-3-5-8(9)6-4-7;1-2-5-3-4-1/h2-6H,1,9H2;1-2H2. The molecule has 0 fully saturated rings. The van der Waals surface area contributed by atoms with Crippen molar-refractivity contribution >= 4 is 18.2 Å². The summed E-state index contributed by atoms with van der Waals surface area (Å²) in [5, 5.41) is 0. The number of aliphatic imine (C=N–C) groups is 1. The molecular formula is C11H13N2O. The molecule has 0 aromatic heterocycles. The summed E-state index contributed by atoms with van der Waals surface area (Å²) in [5.74, 6) is 0. The number of hydrogen-bond donors (Lipinski definition) is 1. The SMILES string of the molecule is C=Cc1ccc(N)cc1.[C]1=NCCO1. The van der Waals surface area contributed by atoms with Crippen LogP contribution >= 0.6 is 0 Å². The lowest BCUT2D eigenvalue weighted by atomic mass is 10.2. The summed E-state index contributed by atoms with van der Waals surface area (Å²) in [4.78, 5) is 3.61. The van der Waals surface area contributed by atoms with Crippen LogP contribution in [-0.4, -0.2) is 19.6 Å². The largest absolute Gasteiger partial charge is 0.472 e. The maximum absolute atomic E-state index is 5.45. The van der Waals surface area contributed by atoms with Gasteiger partial charge < -0.3 is 10.5 Å². The number of anilines is 1. The zero-order chi connectivity index (χ0) is 10.2. The van der Waals surface area contributed by atoms with Crippen LogP contribution in [0.3, 0.4) is 0 Å². The van der Waals surface area contributed by atoms with Crippen LogP contribution in [0.15, 0.2) is 35.8 Å². The van der Waals surface area contributed by atoms with Gasteiger partial charge in [-0.15, -0.1) is 0 Å². The van der Waals surface area contributed by atoms with Crippen LogP contribution in [0, 0.1) is 0 Å². The molecule has 14 heavy (non-hydrogen) atoms. The molecule has 3 nitrogen and oxygen atoms in total. The van der Waals surface area contributed by atoms with Crippen molar-refractivity contribution in [2.75, 3.05) is 18.9 Å². The van der Waals surface area contributed by atoms with Crippen LogP contribution in [0.1, 0.15) is 5.56 Å². The van der Waals surface area contributed by atoms with Crippen molar-refractivity contribution in [3.05, 3.63) is 36.4 Å². The van der Waals surface area contributed by atoms with Gasteiger partial charge in [0.05, 0.1) is 6.54 Å². The van der Waals surface area contributed by atoms with Crippen LogP contribution in [0.4, 0.5) is 5.69 Å². The summed E-state index contributed by atoms with van der Waals surface area (Å²) >= 11 is 0. The molecule has 0 amide bonds. The van der Waals surface area contributed by atoms with E-state index in [0.29, 0.717) is 0 Å². The van der Waals surface area contributed by atoms with E-state index < -0.39 is 0 Å². The van der Waals surface area contributed by atoms with E-state index in [1.165, 1.54) is 0 Å². The molecule has 0 saturated heterocycles. The molecule has 0 bridgehead atoms. The predicted octanol–water partition coefficient (Wildman–Crippen LogP) is 1.83. The van der Waals surface area contributed by atoms with E-state index >= 15 is 0 Å². The molecular weight excluding hydrogens is 176 g/mol. The van der Waals surface area contributed by atoms with Gasteiger partial charge in [-0.1, -0.05) is 24.8 Å². The molecule has 0 atom stereocenters. The second-order valence-electron chi connectivity index (χ2n) is 2.69. The van der Waals surface area contributed by atoms with Gasteiger partial charge in [0.1, 0.15) is 6.61 Å². The molecule has 2 rings (SSSR count). The van der Waals surface area contributed by atoms with Crippen molar-refractivity contribution in [1.82, 2.24) is 0 Å². The fourth-order valence-electron chi connectivity index (χ4n) is 0.860. The second-order valence-corrected chi connectivity index (χ2v) is 2.69. The minimum Gasteiger partial charge on any atom is -0.472 e. The fourth-order valence-corrected chi connectivity index (χ4v) is 0.860. The van der Waals surface area contributed by atoms with Crippen molar-refractivity contribution < 1.29 is 4.74 Å². The zero-order valence-corrected chi connectivity index (χ0v) is 7.94. The Morgan fingerprint density at radius 3 is 2.50 bits per heavy atom. The highest BCUT2D eigenvalue weighted by Gasteiger charge is 1.86. The summed E-state index contributed by atoms with van der Waals surface area (Å²) in [5.41, 5.74) is 7.34. The molecule has 3 heteroatoms. The summed E-state index contributed by atoms with van der Waals surface area (Å²) in [6, 6.07) is 7.58. The Morgan fingerprint density at radius 1 is 1.43 bits per heavy atom. The topological polar surface area (TPSA) is 47.6 Å². The highest BCUT2D eigenvalue weighted by molar-refractivity contribution is 5.51. The Balaban J connectivity index is 0.000000165. The summed E-state index contributed by atoms with van der Waals surface area (Å²) < 4.78 is 4.53. The van der Waals surface area contributed by atoms with Crippen molar-refractivity contribution in [3.8, 4) is 0 Å². The summed E-state index contributed by atoms with van der Waals surface area (Å²) in [6.45, 7) is 5.13. The third kappa shape index (κ3) is 3.76. The lowest BCUT2D eigenvalue weighted by molar-refractivity contribution is 0.361. The average molecular weight is 189 g/mol. The highest BCUT2D eigenvalue weighted by Crippen LogP contribution is 2.05. The van der Waals surface area contributed by atoms with Gasteiger partial charge in [0.15, 0.2) is 0 Å². The van der Waals surface area contributed by atoms with Gasteiger partial charge >= 0.3 is 0 Å². The van der Waals surface area contributed by atoms with Crippen LogP contribution in [0.5, 0.6) is 0 Å². The monoisotopic (exact) mass is 189 g/mol. The first-order valence-electron chi connectivity index (χ1n) is 4.34. The summed E-state index contributed by atoms with van der Waals surface area (Å²) in [6.07, 6.45) is 4.14. The molecule has 0 aliphatic carbocycles. The van der Waals surface area contributed by atoms with Crippen molar-refractivity contribution in [3.63, 3.8) is 0 Å². The van der Waals surface area contributed by atoms with E-state index in [2.05, 4.69) is 22.7 Å². The number of hydrogen-bond acceptors (Lipinski definition) is 3. The quantitative estimate of drug-likeness (QED) is 0.685. The minimum atomic E-state index is 0.722. The molecule has 0 unspecified atom stereocenters.